The van der Waals surface area contributed by atoms with Gasteiger partial charge >= 0.3 is 12.1 Å². The lowest BCUT2D eigenvalue weighted by atomic mass is 10.1. The summed E-state index contributed by atoms with van der Waals surface area (Å²) in [6.07, 6.45) is -5.01. The maximum Gasteiger partial charge on any atom is 0.420 e. The molecule has 6 nitrogen and oxygen atoms in total. The number of rotatable bonds is 2. The van der Waals surface area contributed by atoms with Crippen LogP contribution >= 0.6 is 0 Å². The smallest absolute Gasteiger partial charge is 0.420 e. The average Bonchev–Trinajstić information content (AvgIpc) is 2.14. The molecule has 0 fully saturated rings. The first-order valence-electron chi connectivity index (χ1n) is 3.96. The monoisotopic (exact) mass is 251 g/mol. The lowest BCUT2D eigenvalue weighted by Gasteiger charge is -2.09. The third-order valence-electron chi connectivity index (χ3n) is 1.85. The van der Waals surface area contributed by atoms with Crippen LogP contribution in [-0.2, 0) is 6.18 Å². The van der Waals surface area contributed by atoms with Gasteiger partial charge in [-0.1, -0.05) is 0 Å². The topological polar surface area (TPSA) is 101 Å². The molecule has 0 bridgehead atoms. The molecule has 1 rings (SSSR count). The summed E-state index contributed by atoms with van der Waals surface area (Å²) in [7, 11) is 0. The number of carboxylic acid groups (broad SMARTS) is 1. The zero-order valence-electron chi connectivity index (χ0n) is 7.85. The highest BCUT2D eigenvalue weighted by atomic mass is 19.4. The van der Waals surface area contributed by atoms with Crippen molar-refractivity contribution in [3.63, 3.8) is 0 Å². The molecule has 9 heteroatoms. The second-order valence-electron chi connectivity index (χ2n) is 2.95. The summed E-state index contributed by atoms with van der Waals surface area (Å²) in [5, 5.41) is 27.9. The Hall–Kier alpha value is -2.32. The molecule has 1 aromatic carbocycles. The minimum atomic E-state index is -5.01. The van der Waals surface area contributed by atoms with Crippen LogP contribution in [-0.4, -0.2) is 21.1 Å². The largest absolute Gasteiger partial charge is 0.507 e. The normalized spacial score (nSPS) is 11.2. The first kappa shape index (κ1) is 12.7. The predicted octanol–water partition coefficient (Wildman–Crippen LogP) is 2.02. The number of alkyl halides is 3. The summed E-state index contributed by atoms with van der Waals surface area (Å²) >= 11 is 0. The number of hydrogen-bond donors (Lipinski definition) is 2. The van der Waals surface area contributed by atoms with E-state index in [0.29, 0.717) is 0 Å². The first-order valence-corrected chi connectivity index (χ1v) is 3.96. The highest BCUT2D eigenvalue weighted by Crippen LogP contribution is 2.39. The van der Waals surface area contributed by atoms with Crippen molar-refractivity contribution in [2.75, 3.05) is 0 Å². The van der Waals surface area contributed by atoms with Crippen molar-refractivity contribution in [2.24, 2.45) is 0 Å². The molecule has 0 radical (unpaired) electrons. The standard InChI is InChI=1S/C8H4F3NO5/c9-8(10,11)4-2-5(12(16)17)3(7(14)15)1-6(4)13/h1-2,13H,(H,14,15). The molecular formula is C8H4F3NO5. The summed E-state index contributed by atoms with van der Waals surface area (Å²) in [6, 6.07) is 0.183. The highest BCUT2D eigenvalue weighted by Gasteiger charge is 2.37. The van der Waals surface area contributed by atoms with Gasteiger partial charge in [-0.3, -0.25) is 10.1 Å². The van der Waals surface area contributed by atoms with Crippen molar-refractivity contribution >= 4 is 11.7 Å². The third-order valence-corrected chi connectivity index (χ3v) is 1.85. The molecule has 0 atom stereocenters. The van der Waals surface area contributed by atoms with Gasteiger partial charge in [-0.05, 0) is 0 Å². The lowest BCUT2D eigenvalue weighted by Crippen LogP contribution is -2.09. The Morgan fingerprint density at radius 2 is 1.88 bits per heavy atom. The van der Waals surface area contributed by atoms with Crippen LogP contribution in [0.15, 0.2) is 12.1 Å². The summed E-state index contributed by atoms with van der Waals surface area (Å²) in [6.45, 7) is 0. The molecule has 17 heavy (non-hydrogen) atoms. The van der Waals surface area contributed by atoms with Crippen molar-refractivity contribution in [3.8, 4) is 5.75 Å². The molecule has 0 aliphatic carbocycles. The van der Waals surface area contributed by atoms with E-state index in [-0.39, 0.29) is 12.1 Å². The molecule has 92 valence electrons. The van der Waals surface area contributed by atoms with Gasteiger partial charge in [0, 0.05) is 12.1 Å². The number of aromatic carboxylic acids is 1. The molecule has 0 saturated carbocycles. The molecule has 0 spiro atoms. The Balaban J connectivity index is 3.57. The van der Waals surface area contributed by atoms with Gasteiger partial charge in [-0.15, -0.1) is 0 Å². The quantitative estimate of drug-likeness (QED) is 0.618. The van der Waals surface area contributed by atoms with E-state index in [1.54, 1.807) is 0 Å². The van der Waals surface area contributed by atoms with Gasteiger partial charge < -0.3 is 10.2 Å². The molecule has 0 saturated heterocycles. The second-order valence-corrected chi connectivity index (χ2v) is 2.95. The highest BCUT2D eigenvalue weighted by molar-refractivity contribution is 5.93. The molecule has 2 N–H and O–H groups in total. The summed E-state index contributed by atoms with van der Waals surface area (Å²) in [4.78, 5) is 19.7. The van der Waals surface area contributed by atoms with E-state index in [9.17, 15) is 28.1 Å². The van der Waals surface area contributed by atoms with E-state index >= 15 is 0 Å². The SMILES string of the molecule is O=C(O)c1cc(O)c(C(F)(F)F)cc1[N+](=O)[O-]. The van der Waals surface area contributed by atoms with Crippen LogP contribution < -0.4 is 0 Å². The fourth-order valence-electron chi connectivity index (χ4n) is 1.13. The summed E-state index contributed by atoms with van der Waals surface area (Å²) in [5.41, 5.74) is -3.91. The number of phenolic OH excluding ortho intramolecular Hbond substituents is 1. The Morgan fingerprint density at radius 1 is 1.35 bits per heavy atom. The number of benzene rings is 1. The van der Waals surface area contributed by atoms with Crippen LogP contribution in [0.3, 0.4) is 0 Å². The molecule has 0 aromatic heterocycles. The third kappa shape index (κ3) is 2.44. The minimum absolute atomic E-state index is 0.0151. The first-order chi connectivity index (χ1) is 7.64. The van der Waals surface area contributed by atoms with Gasteiger partial charge in [0.15, 0.2) is 0 Å². The fourth-order valence-corrected chi connectivity index (χ4v) is 1.13. The van der Waals surface area contributed by atoms with Crippen LogP contribution in [0, 0.1) is 10.1 Å². The molecule has 0 aliphatic heterocycles. The molecule has 0 unspecified atom stereocenters. The van der Waals surface area contributed by atoms with Crippen molar-refractivity contribution in [2.45, 2.75) is 6.18 Å². The van der Waals surface area contributed by atoms with Gasteiger partial charge in [0.1, 0.15) is 16.9 Å². The maximum absolute atomic E-state index is 12.3. The molecule has 0 aliphatic rings. The van der Waals surface area contributed by atoms with E-state index in [0.717, 1.165) is 0 Å². The molecular weight excluding hydrogens is 247 g/mol. The van der Waals surface area contributed by atoms with Crippen LogP contribution in [0.2, 0.25) is 0 Å². The molecule has 0 heterocycles. The zero-order chi connectivity index (χ0) is 13.4. The van der Waals surface area contributed by atoms with E-state index in [2.05, 4.69) is 0 Å². The van der Waals surface area contributed by atoms with E-state index in [1.165, 1.54) is 0 Å². The minimum Gasteiger partial charge on any atom is -0.507 e. The predicted molar refractivity (Wildman–Crippen MR) is 46.7 cm³/mol. The van der Waals surface area contributed by atoms with Crippen molar-refractivity contribution in [1.82, 2.24) is 0 Å². The number of hydrogen-bond acceptors (Lipinski definition) is 4. The summed E-state index contributed by atoms with van der Waals surface area (Å²) < 4.78 is 36.9. The Kier molecular flexibility index (Phi) is 2.94. The maximum atomic E-state index is 12.3. The number of nitrogens with zero attached hydrogens (tertiary/aromatic N) is 1. The fraction of sp³-hybridized carbons (Fsp3) is 0.125. The second kappa shape index (κ2) is 3.92. The number of aromatic hydroxyl groups is 1. The Morgan fingerprint density at radius 3 is 2.24 bits per heavy atom. The lowest BCUT2D eigenvalue weighted by molar-refractivity contribution is -0.385. The van der Waals surface area contributed by atoms with Crippen molar-refractivity contribution in [3.05, 3.63) is 33.4 Å². The number of halogens is 3. The van der Waals surface area contributed by atoms with Gasteiger partial charge in [-0.2, -0.15) is 13.2 Å². The van der Waals surface area contributed by atoms with Crippen LogP contribution in [0.4, 0.5) is 18.9 Å². The zero-order valence-corrected chi connectivity index (χ0v) is 7.85. The van der Waals surface area contributed by atoms with E-state index in [1.807, 2.05) is 0 Å². The van der Waals surface area contributed by atoms with Gasteiger partial charge in [-0.25, -0.2) is 4.79 Å². The van der Waals surface area contributed by atoms with Crippen LogP contribution in [0.25, 0.3) is 0 Å². The van der Waals surface area contributed by atoms with Crippen molar-refractivity contribution < 1.29 is 33.1 Å². The van der Waals surface area contributed by atoms with E-state index < -0.39 is 39.6 Å². The Labute approximate surface area is 91.1 Å². The Bertz CT molecular complexity index is 497. The van der Waals surface area contributed by atoms with E-state index in [4.69, 9.17) is 10.2 Å². The number of nitro benzene ring substituents is 1. The summed E-state index contributed by atoms with van der Waals surface area (Å²) in [5.74, 6) is -3.18. The molecule has 1 aromatic rings. The van der Waals surface area contributed by atoms with Crippen molar-refractivity contribution in [1.29, 1.82) is 0 Å². The van der Waals surface area contributed by atoms with Crippen LogP contribution in [0.1, 0.15) is 15.9 Å². The van der Waals surface area contributed by atoms with Crippen LogP contribution in [0.5, 0.6) is 5.75 Å². The van der Waals surface area contributed by atoms with Gasteiger partial charge in [0.05, 0.1) is 4.92 Å². The number of nitro groups is 1. The molecule has 0 amide bonds. The number of carbonyl (C=O) groups is 1. The number of phenols is 1. The van der Waals surface area contributed by atoms with Gasteiger partial charge in [0.2, 0.25) is 0 Å². The van der Waals surface area contributed by atoms with Gasteiger partial charge in [0.25, 0.3) is 5.69 Å². The number of carboxylic acids is 1. The average molecular weight is 251 g/mol.